The molecule has 9 atom stereocenters. The zero-order valence-corrected chi connectivity index (χ0v) is 32.5. The number of nitrogens with one attached hydrogen (secondary N) is 6. The van der Waals surface area contributed by atoms with Crippen LogP contribution in [0.3, 0.4) is 0 Å². The third-order valence-corrected chi connectivity index (χ3v) is 8.60. The zero-order valence-electron chi connectivity index (χ0n) is 32.5. The van der Waals surface area contributed by atoms with Crippen LogP contribution in [0, 0.1) is 5.92 Å². The molecule has 0 radical (unpaired) electrons. The van der Waals surface area contributed by atoms with E-state index >= 15 is 0 Å². The Hall–Kier alpha value is -5.63. The fourth-order valence-corrected chi connectivity index (χ4v) is 5.49. The number of benzene rings is 2. The van der Waals surface area contributed by atoms with Gasteiger partial charge >= 0.3 is 5.97 Å². The Balaban J connectivity index is 2.19. The van der Waals surface area contributed by atoms with Gasteiger partial charge in [0, 0.05) is 6.42 Å². The van der Waals surface area contributed by atoms with E-state index in [2.05, 4.69) is 31.9 Å². The fraction of sp³-hybridized carbons (Fsp3) is 0.500. The number of carboxylic acid groups (broad SMARTS) is 1. The van der Waals surface area contributed by atoms with Gasteiger partial charge in [0.15, 0.2) is 6.04 Å². The lowest BCUT2D eigenvalue weighted by Crippen LogP contribution is -2.61. The van der Waals surface area contributed by atoms with Crippen molar-refractivity contribution in [2.75, 3.05) is 6.54 Å². The Morgan fingerprint density at radius 1 is 0.579 bits per heavy atom. The van der Waals surface area contributed by atoms with Gasteiger partial charge in [-0.3, -0.25) is 28.8 Å². The second-order valence-electron chi connectivity index (χ2n) is 14.2. The molecule has 0 spiro atoms. The highest BCUT2D eigenvalue weighted by Gasteiger charge is 2.35. The number of hydrogen-bond donors (Lipinski definition) is 12. The number of carbonyl (C=O) groups excluding carboxylic acids is 6. The van der Waals surface area contributed by atoms with Gasteiger partial charge in [-0.25, -0.2) is 4.79 Å². The third-order valence-electron chi connectivity index (χ3n) is 8.60. The molecular formula is C38H55N7O12. The van der Waals surface area contributed by atoms with Gasteiger partial charge in [-0.1, -0.05) is 56.3 Å². The lowest BCUT2D eigenvalue weighted by molar-refractivity contribution is -0.146. The first-order chi connectivity index (χ1) is 26.7. The molecule has 0 aliphatic rings. The van der Waals surface area contributed by atoms with E-state index in [0.717, 1.165) is 6.92 Å². The number of aliphatic hydroxyl groups excluding tert-OH is 3. The monoisotopic (exact) mass is 801 g/mol. The highest BCUT2D eigenvalue weighted by atomic mass is 16.4. The van der Waals surface area contributed by atoms with Crippen molar-refractivity contribution < 1.29 is 59.1 Å². The van der Waals surface area contributed by atoms with Gasteiger partial charge in [-0.15, -0.1) is 0 Å². The molecule has 0 aromatic heterocycles. The molecule has 0 saturated heterocycles. The van der Waals surface area contributed by atoms with Crippen LogP contribution in [-0.2, 0) is 46.4 Å². The van der Waals surface area contributed by atoms with Crippen LogP contribution in [0.4, 0.5) is 0 Å². The molecule has 314 valence electrons. The van der Waals surface area contributed by atoms with Gasteiger partial charge in [0.2, 0.25) is 35.4 Å². The van der Waals surface area contributed by atoms with Gasteiger partial charge in [0.25, 0.3) is 0 Å². The van der Waals surface area contributed by atoms with Gasteiger partial charge in [-0.2, -0.15) is 0 Å². The summed E-state index contributed by atoms with van der Waals surface area (Å²) in [5, 5.41) is 63.4. The number of aliphatic hydroxyl groups is 3. The predicted octanol–water partition coefficient (Wildman–Crippen LogP) is -2.68. The van der Waals surface area contributed by atoms with Crippen LogP contribution in [0.1, 0.15) is 52.2 Å². The van der Waals surface area contributed by atoms with E-state index in [4.69, 9.17) is 5.73 Å². The van der Waals surface area contributed by atoms with E-state index in [1.54, 1.807) is 56.3 Å². The maximum absolute atomic E-state index is 13.8. The van der Waals surface area contributed by atoms with Crippen LogP contribution in [0.5, 0.6) is 5.75 Å². The van der Waals surface area contributed by atoms with Gasteiger partial charge in [-0.05, 0) is 62.8 Å². The lowest BCUT2D eigenvalue weighted by Gasteiger charge is -2.28. The summed E-state index contributed by atoms with van der Waals surface area (Å²) in [6, 6.07) is 5.82. The molecular weight excluding hydrogens is 746 g/mol. The molecule has 19 heteroatoms. The Kier molecular flexibility index (Phi) is 19.0. The smallest absolute Gasteiger partial charge is 0.328 e. The molecule has 57 heavy (non-hydrogen) atoms. The number of rotatable bonds is 22. The van der Waals surface area contributed by atoms with Crippen LogP contribution in [0.15, 0.2) is 54.6 Å². The standard InChI is InChI=1S/C38H55N7O12/c1-19(2)15-27(35(53)44-31(21(4)47)37(55)45-32(22(5)48)38(56)57)42-34(52)28(17-23-9-7-6-8-10-23)41-29(50)18-40-36(54)30(20(3)46)43-33(51)26(39)16-24-11-13-25(49)14-12-24/h6-14,19-22,26-28,30-32,46-49H,15-18,39H2,1-5H3,(H,40,54)(H,41,50)(H,42,52)(H,43,51)(H,44,53)(H,45,55)(H,56,57)/t20-,21+,22+,26-,27-,28-,30+,31-,32-/m0/s1. The van der Waals surface area contributed by atoms with E-state index in [-0.39, 0.29) is 30.9 Å². The van der Waals surface area contributed by atoms with Gasteiger partial charge in [0.05, 0.1) is 30.9 Å². The predicted molar refractivity (Wildman–Crippen MR) is 205 cm³/mol. The molecule has 6 amide bonds. The number of phenolic OH excluding ortho intramolecular Hbond substituents is 1. The molecule has 0 unspecified atom stereocenters. The second-order valence-corrected chi connectivity index (χ2v) is 14.2. The number of carboxylic acids is 1. The number of nitrogens with two attached hydrogens (primary N) is 1. The normalized spacial score (nSPS) is 15.9. The van der Waals surface area contributed by atoms with Crippen LogP contribution in [0.25, 0.3) is 0 Å². The number of hydrogen-bond acceptors (Lipinski definition) is 12. The lowest BCUT2D eigenvalue weighted by atomic mass is 10.00. The average Bonchev–Trinajstić information content (AvgIpc) is 3.13. The largest absolute Gasteiger partial charge is 0.508 e. The summed E-state index contributed by atoms with van der Waals surface area (Å²) in [7, 11) is 0. The van der Waals surface area contributed by atoms with Crippen molar-refractivity contribution in [1.82, 2.24) is 31.9 Å². The molecule has 2 aromatic rings. The van der Waals surface area contributed by atoms with Crippen molar-refractivity contribution in [2.45, 2.75) is 108 Å². The molecule has 0 saturated carbocycles. The van der Waals surface area contributed by atoms with Crippen molar-refractivity contribution in [2.24, 2.45) is 11.7 Å². The van der Waals surface area contributed by atoms with Crippen molar-refractivity contribution in [3.05, 3.63) is 65.7 Å². The van der Waals surface area contributed by atoms with E-state index in [9.17, 15) is 59.1 Å². The summed E-state index contributed by atoms with van der Waals surface area (Å²) in [4.78, 5) is 90.7. The molecule has 0 heterocycles. The Labute approximate surface area is 330 Å². The number of phenols is 1. The Bertz CT molecular complexity index is 1670. The molecule has 0 fully saturated rings. The fourth-order valence-electron chi connectivity index (χ4n) is 5.49. The quantitative estimate of drug-likeness (QED) is 0.0579. The highest BCUT2D eigenvalue weighted by Crippen LogP contribution is 2.12. The number of aliphatic carboxylic acids is 1. The molecule has 2 rings (SSSR count). The topological polar surface area (TPSA) is 319 Å². The molecule has 19 nitrogen and oxygen atoms in total. The maximum Gasteiger partial charge on any atom is 0.328 e. The molecule has 0 aliphatic carbocycles. The first-order valence-corrected chi connectivity index (χ1v) is 18.3. The summed E-state index contributed by atoms with van der Waals surface area (Å²) in [5.74, 6) is -7.11. The first-order valence-electron chi connectivity index (χ1n) is 18.3. The number of amides is 6. The second kappa shape index (κ2) is 22.8. The van der Waals surface area contributed by atoms with E-state index in [0.29, 0.717) is 11.1 Å². The Morgan fingerprint density at radius 3 is 1.60 bits per heavy atom. The summed E-state index contributed by atoms with van der Waals surface area (Å²) >= 11 is 0. The van der Waals surface area contributed by atoms with Crippen LogP contribution >= 0.6 is 0 Å². The van der Waals surface area contributed by atoms with Gasteiger partial charge in [0.1, 0.15) is 29.9 Å². The minimum atomic E-state index is -1.74. The van der Waals surface area contributed by atoms with Crippen molar-refractivity contribution >= 4 is 41.4 Å². The zero-order chi connectivity index (χ0) is 43.0. The summed E-state index contributed by atoms with van der Waals surface area (Å²) < 4.78 is 0. The van der Waals surface area contributed by atoms with Crippen molar-refractivity contribution in [1.29, 1.82) is 0 Å². The summed E-state index contributed by atoms with van der Waals surface area (Å²) in [6.07, 6.45) is -4.43. The minimum absolute atomic E-state index is 0.0245. The van der Waals surface area contributed by atoms with E-state index in [1.807, 2.05) is 0 Å². The van der Waals surface area contributed by atoms with Crippen LogP contribution < -0.4 is 37.6 Å². The van der Waals surface area contributed by atoms with Crippen molar-refractivity contribution in [3.63, 3.8) is 0 Å². The third kappa shape index (κ3) is 16.2. The number of aromatic hydroxyl groups is 1. The summed E-state index contributed by atoms with van der Waals surface area (Å²) in [6.45, 7) is 6.37. The minimum Gasteiger partial charge on any atom is -0.508 e. The molecule has 2 aromatic carbocycles. The Morgan fingerprint density at radius 2 is 1.07 bits per heavy atom. The van der Waals surface area contributed by atoms with Crippen LogP contribution in [-0.4, -0.2) is 128 Å². The van der Waals surface area contributed by atoms with E-state index in [1.165, 1.54) is 26.0 Å². The molecule has 0 bridgehead atoms. The van der Waals surface area contributed by atoms with E-state index < -0.39 is 103 Å². The SMILES string of the molecule is CC(C)C[C@H](NC(=O)[C@H](Cc1ccccc1)NC(=O)CNC(=O)[C@H](NC(=O)[C@@H](N)Cc1ccc(O)cc1)[C@H](C)O)C(=O)N[C@H](C(=O)N[C@H](C(=O)O)[C@@H](C)O)[C@@H](C)O. The molecule has 13 N–H and O–H groups in total. The highest BCUT2D eigenvalue weighted by molar-refractivity contribution is 5.96. The van der Waals surface area contributed by atoms with Gasteiger partial charge < -0.3 is 63.2 Å². The first kappa shape index (κ1) is 47.5. The van der Waals surface area contributed by atoms with Crippen LogP contribution in [0.2, 0.25) is 0 Å². The maximum atomic E-state index is 13.8. The average molecular weight is 802 g/mol. The molecule has 0 aliphatic heterocycles. The summed E-state index contributed by atoms with van der Waals surface area (Å²) in [5.41, 5.74) is 7.25. The number of carbonyl (C=O) groups is 7. The van der Waals surface area contributed by atoms with Crippen molar-refractivity contribution in [3.8, 4) is 5.75 Å².